The molecule has 2 aromatic carbocycles. The van der Waals surface area contributed by atoms with E-state index in [1.807, 2.05) is 35.2 Å². The van der Waals surface area contributed by atoms with Gasteiger partial charge in [0.2, 0.25) is 0 Å². The lowest BCUT2D eigenvalue weighted by molar-refractivity contribution is 0.0691. The molecular weight excluding hydrogens is 512 g/mol. The molecule has 1 aromatic heterocycles. The first kappa shape index (κ1) is 21.4. The van der Waals surface area contributed by atoms with Gasteiger partial charge in [-0.25, -0.2) is 4.98 Å². The zero-order valence-corrected chi connectivity index (χ0v) is 20.1. The summed E-state index contributed by atoms with van der Waals surface area (Å²) in [7, 11) is 0. The van der Waals surface area contributed by atoms with Crippen molar-refractivity contribution in [3.05, 3.63) is 69.3 Å². The van der Waals surface area contributed by atoms with Crippen molar-refractivity contribution in [1.29, 1.82) is 0 Å². The molecule has 32 heavy (non-hydrogen) atoms. The van der Waals surface area contributed by atoms with Crippen LogP contribution in [0, 0.1) is 11.8 Å². The van der Waals surface area contributed by atoms with Crippen LogP contribution in [0.25, 0.3) is 10.4 Å². The molecule has 3 aromatic rings. The van der Waals surface area contributed by atoms with Crippen LogP contribution < -0.4 is 11.1 Å². The number of carbonyl (C=O) groups is 2. The summed E-state index contributed by atoms with van der Waals surface area (Å²) in [5.74, 6) is 0.590. The van der Waals surface area contributed by atoms with Crippen LogP contribution in [0.5, 0.6) is 0 Å². The molecule has 3 atom stereocenters. The van der Waals surface area contributed by atoms with Gasteiger partial charge in [0, 0.05) is 28.1 Å². The highest BCUT2D eigenvalue weighted by atomic mass is 79.9. The average Bonchev–Trinajstić information content (AvgIpc) is 3.28. The summed E-state index contributed by atoms with van der Waals surface area (Å²) in [5.41, 5.74) is 7.73. The fourth-order valence-electron chi connectivity index (χ4n) is 4.44. The van der Waals surface area contributed by atoms with Crippen LogP contribution in [-0.4, -0.2) is 40.8 Å². The standard InChI is InChI=1S/C23H20BrClN4O2S/c24-15-5-1-4-13(7-15)21(30)27-10-18-17-9-14(17)11-29(18)22(31)19-20(32-23(26)28-19)12-3-2-6-16(25)8-12/h1-8,14,17-18H,9-11H2,(H2,26,28)(H,27,30). The molecular formula is C23H20BrClN4O2S. The van der Waals surface area contributed by atoms with Crippen LogP contribution in [0.2, 0.25) is 5.02 Å². The Hall–Kier alpha value is -2.42. The van der Waals surface area contributed by atoms with Crippen molar-refractivity contribution in [3.63, 3.8) is 0 Å². The van der Waals surface area contributed by atoms with E-state index < -0.39 is 0 Å². The van der Waals surface area contributed by atoms with Crippen molar-refractivity contribution in [1.82, 2.24) is 15.2 Å². The van der Waals surface area contributed by atoms with Crippen LogP contribution in [0.15, 0.2) is 53.0 Å². The van der Waals surface area contributed by atoms with E-state index in [0.717, 1.165) is 16.5 Å². The number of aromatic nitrogens is 1. The Morgan fingerprint density at radius 1 is 1.25 bits per heavy atom. The molecule has 1 aliphatic heterocycles. The molecule has 5 rings (SSSR count). The van der Waals surface area contributed by atoms with Gasteiger partial charge in [0.25, 0.3) is 11.8 Å². The quantitative estimate of drug-likeness (QED) is 0.500. The maximum Gasteiger partial charge on any atom is 0.274 e. The molecule has 1 saturated carbocycles. The Morgan fingerprint density at radius 3 is 2.84 bits per heavy atom. The van der Waals surface area contributed by atoms with E-state index in [1.165, 1.54) is 11.3 Å². The highest BCUT2D eigenvalue weighted by Crippen LogP contribution is 2.50. The van der Waals surface area contributed by atoms with E-state index in [-0.39, 0.29) is 17.9 Å². The molecule has 1 aliphatic carbocycles. The van der Waals surface area contributed by atoms with Crippen LogP contribution in [0.4, 0.5) is 5.13 Å². The summed E-state index contributed by atoms with van der Waals surface area (Å²) in [5, 5.41) is 3.93. The predicted octanol–water partition coefficient (Wildman–Crippen LogP) is 4.70. The lowest BCUT2D eigenvalue weighted by atomic mass is 10.1. The highest BCUT2D eigenvalue weighted by Gasteiger charge is 2.54. The molecule has 2 heterocycles. The van der Waals surface area contributed by atoms with Gasteiger partial charge in [0.15, 0.2) is 5.13 Å². The Kier molecular flexibility index (Phi) is 5.69. The third-order valence-corrected chi connectivity index (χ3v) is 7.72. The van der Waals surface area contributed by atoms with E-state index in [1.54, 1.807) is 18.2 Å². The zero-order chi connectivity index (χ0) is 22.4. The number of nitrogens with two attached hydrogens (primary N) is 1. The molecule has 164 valence electrons. The van der Waals surface area contributed by atoms with Crippen molar-refractivity contribution < 1.29 is 9.59 Å². The molecule has 3 unspecified atom stereocenters. The number of nitrogen functional groups attached to an aromatic ring is 1. The number of rotatable bonds is 5. The smallest absolute Gasteiger partial charge is 0.274 e. The normalized spacial score (nSPS) is 21.3. The molecule has 0 bridgehead atoms. The highest BCUT2D eigenvalue weighted by molar-refractivity contribution is 9.10. The Balaban J connectivity index is 1.36. The SMILES string of the molecule is Nc1nc(C(=O)N2CC3CC3C2CNC(=O)c2cccc(Br)c2)c(-c2cccc(Cl)c2)s1. The minimum atomic E-state index is -0.152. The average molecular weight is 532 g/mol. The van der Waals surface area contributed by atoms with Crippen LogP contribution in [0.1, 0.15) is 27.3 Å². The Labute approximate surface area is 202 Å². The Morgan fingerprint density at radius 2 is 2.06 bits per heavy atom. The summed E-state index contributed by atoms with van der Waals surface area (Å²) in [6, 6.07) is 14.5. The van der Waals surface area contributed by atoms with Gasteiger partial charge in [0.1, 0.15) is 5.69 Å². The number of halogens is 2. The van der Waals surface area contributed by atoms with Crippen molar-refractivity contribution >= 4 is 55.8 Å². The number of fused-ring (bicyclic) bond motifs is 1. The van der Waals surface area contributed by atoms with Gasteiger partial charge in [-0.2, -0.15) is 0 Å². The molecule has 0 spiro atoms. The number of anilines is 1. The number of nitrogens with zero attached hydrogens (tertiary/aromatic N) is 2. The zero-order valence-electron chi connectivity index (χ0n) is 16.9. The summed E-state index contributed by atoms with van der Waals surface area (Å²) in [4.78, 5) is 33.1. The van der Waals surface area contributed by atoms with Crippen molar-refractivity contribution in [2.45, 2.75) is 12.5 Å². The van der Waals surface area contributed by atoms with E-state index in [2.05, 4.69) is 26.2 Å². The first-order chi connectivity index (χ1) is 15.4. The number of amides is 2. The lowest BCUT2D eigenvalue weighted by Gasteiger charge is -2.27. The maximum atomic E-state index is 13.5. The number of likely N-dealkylation sites (tertiary alicyclic amines) is 1. The number of benzene rings is 2. The second kappa shape index (κ2) is 8.50. The van der Waals surface area contributed by atoms with Crippen molar-refractivity contribution in [3.8, 4) is 10.4 Å². The number of carbonyl (C=O) groups excluding carboxylic acids is 2. The lowest BCUT2D eigenvalue weighted by Crippen LogP contribution is -2.45. The number of hydrogen-bond acceptors (Lipinski definition) is 5. The molecule has 0 radical (unpaired) electrons. The van der Waals surface area contributed by atoms with Gasteiger partial charge in [-0.1, -0.05) is 57.1 Å². The number of piperidine rings is 1. The molecule has 2 fully saturated rings. The minimum Gasteiger partial charge on any atom is -0.375 e. The second-order valence-corrected chi connectivity index (χ2v) is 10.5. The van der Waals surface area contributed by atoms with Gasteiger partial charge in [-0.05, 0) is 54.2 Å². The van der Waals surface area contributed by atoms with E-state index in [0.29, 0.717) is 51.2 Å². The minimum absolute atomic E-state index is 0.0567. The Bertz CT molecular complexity index is 1220. The molecule has 2 aliphatic rings. The van der Waals surface area contributed by atoms with E-state index >= 15 is 0 Å². The number of thiazole rings is 1. The van der Waals surface area contributed by atoms with Gasteiger partial charge < -0.3 is 16.0 Å². The van der Waals surface area contributed by atoms with Crippen molar-refractivity contribution in [2.24, 2.45) is 11.8 Å². The van der Waals surface area contributed by atoms with Gasteiger partial charge >= 0.3 is 0 Å². The molecule has 3 N–H and O–H groups in total. The third-order valence-electron chi connectivity index (χ3n) is 6.06. The molecule has 2 amide bonds. The second-order valence-electron chi connectivity index (χ2n) is 8.15. The fourth-order valence-corrected chi connectivity index (χ4v) is 5.85. The van der Waals surface area contributed by atoms with Crippen LogP contribution >= 0.6 is 38.9 Å². The van der Waals surface area contributed by atoms with Gasteiger partial charge in [0.05, 0.1) is 10.9 Å². The summed E-state index contributed by atoms with van der Waals surface area (Å²) >= 11 is 10.8. The van der Waals surface area contributed by atoms with Crippen LogP contribution in [-0.2, 0) is 0 Å². The summed E-state index contributed by atoms with van der Waals surface area (Å²) in [6.45, 7) is 1.08. The first-order valence-electron chi connectivity index (χ1n) is 10.3. The largest absolute Gasteiger partial charge is 0.375 e. The fraction of sp³-hybridized carbons (Fsp3) is 0.261. The van der Waals surface area contributed by atoms with Gasteiger partial charge in [-0.15, -0.1) is 0 Å². The predicted molar refractivity (Wildman–Crippen MR) is 130 cm³/mol. The van der Waals surface area contributed by atoms with Gasteiger partial charge in [-0.3, -0.25) is 9.59 Å². The topological polar surface area (TPSA) is 88.3 Å². The number of hydrogen-bond donors (Lipinski definition) is 2. The molecule has 1 saturated heterocycles. The molecule has 6 nitrogen and oxygen atoms in total. The van der Waals surface area contributed by atoms with E-state index in [4.69, 9.17) is 17.3 Å². The third kappa shape index (κ3) is 4.14. The monoisotopic (exact) mass is 530 g/mol. The van der Waals surface area contributed by atoms with Crippen molar-refractivity contribution in [2.75, 3.05) is 18.8 Å². The summed E-state index contributed by atoms with van der Waals surface area (Å²) in [6.07, 6.45) is 1.08. The first-order valence-corrected chi connectivity index (χ1v) is 12.3. The summed E-state index contributed by atoms with van der Waals surface area (Å²) < 4.78 is 0.847. The molecule has 9 heteroatoms. The number of nitrogens with one attached hydrogen (secondary N) is 1. The van der Waals surface area contributed by atoms with E-state index in [9.17, 15) is 9.59 Å². The maximum absolute atomic E-state index is 13.5. The van der Waals surface area contributed by atoms with Crippen LogP contribution in [0.3, 0.4) is 0 Å².